The van der Waals surface area contributed by atoms with Crippen molar-refractivity contribution in [1.82, 2.24) is 10.3 Å². The topological polar surface area (TPSA) is 24.9 Å². The molecule has 2 rings (SSSR count). The monoisotopic (exact) mass is 320 g/mol. The number of pyridine rings is 1. The second-order valence-corrected chi connectivity index (χ2v) is 6.67. The highest BCUT2D eigenvalue weighted by atomic mass is 35.5. The van der Waals surface area contributed by atoms with Gasteiger partial charge < -0.3 is 5.32 Å². The fourth-order valence-corrected chi connectivity index (χ4v) is 3.98. The van der Waals surface area contributed by atoms with Crippen molar-refractivity contribution < 1.29 is 0 Å². The molecule has 1 aromatic heterocycles. The van der Waals surface area contributed by atoms with E-state index >= 15 is 0 Å². The van der Waals surface area contributed by atoms with Gasteiger partial charge in [-0.15, -0.1) is 11.8 Å². The van der Waals surface area contributed by atoms with Gasteiger partial charge in [0.15, 0.2) is 0 Å². The molecular formula is C17H21ClN2S. The Morgan fingerprint density at radius 1 is 1.24 bits per heavy atom. The third kappa shape index (κ3) is 4.00. The van der Waals surface area contributed by atoms with Crippen molar-refractivity contribution in [2.24, 2.45) is 0 Å². The number of hydrogen-bond donors (Lipinski definition) is 1. The lowest BCUT2D eigenvalue weighted by atomic mass is 9.95. The Labute approximate surface area is 136 Å². The predicted octanol–water partition coefficient (Wildman–Crippen LogP) is 4.71. The lowest BCUT2D eigenvalue weighted by Gasteiger charge is -2.21. The number of benzene rings is 1. The molecule has 0 fully saturated rings. The van der Waals surface area contributed by atoms with E-state index in [-0.39, 0.29) is 6.04 Å². The van der Waals surface area contributed by atoms with E-state index in [1.165, 1.54) is 22.3 Å². The number of aryl methyl sites for hydroxylation is 3. The first-order valence-corrected chi connectivity index (χ1v) is 8.37. The molecule has 0 spiro atoms. The third-order valence-corrected chi connectivity index (χ3v) is 5.06. The molecule has 4 heteroatoms. The largest absolute Gasteiger partial charge is 0.312 e. The highest BCUT2D eigenvalue weighted by Gasteiger charge is 2.16. The summed E-state index contributed by atoms with van der Waals surface area (Å²) in [5.41, 5.74) is 5.35. The van der Waals surface area contributed by atoms with Crippen molar-refractivity contribution in [3.8, 4) is 0 Å². The second kappa shape index (κ2) is 7.30. The lowest BCUT2D eigenvalue weighted by Crippen LogP contribution is -2.21. The Bertz CT molecular complexity index is 605. The molecule has 0 saturated heterocycles. The summed E-state index contributed by atoms with van der Waals surface area (Å²) in [6.45, 7) is 6.50. The van der Waals surface area contributed by atoms with Gasteiger partial charge in [-0.25, -0.2) is 4.98 Å². The maximum atomic E-state index is 6.18. The highest BCUT2D eigenvalue weighted by molar-refractivity contribution is 7.99. The number of aromatic nitrogens is 1. The highest BCUT2D eigenvalue weighted by Crippen LogP contribution is 2.31. The number of hydrogen-bond acceptors (Lipinski definition) is 3. The van der Waals surface area contributed by atoms with Gasteiger partial charge in [-0.3, -0.25) is 0 Å². The normalized spacial score (nSPS) is 12.4. The molecule has 1 aromatic carbocycles. The molecule has 0 aliphatic rings. The average Bonchev–Trinajstić information content (AvgIpc) is 2.43. The van der Waals surface area contributed by atoms with Gasteiger partial charge in [0.05, 0.1) is 5.02 Å². The zero-order chi connectivity index (χ0) is 15.4. The van der Waals surface area contributed by atoms with Crippen LogP contribution in [0.15, 0.2) is 35.5 Å². The molecule has 0 aliphatic carbocycles. The smallest absolute Gasteiger partial charge is 0.115 e. The lowest BCUT2D eigenvalue weighted by molar-refractivity contribution is 0.653. The van der Waals surface area contributed by atoms with Crippen LogP contribution in [0, 0.1) is 20.8 Å². The van der Waals surface area contributed by atoms with Crippen LogP contribution < -0.4 is 5.32 Å². The van der Waals surface area contributed by atoms with E-state index in [9.17, 15) is 0 Å². The first-order valence-electron chi connectivity index (χ1n) is 7.01. The van der Waals surface area contributed by atoms with E-state index < -0.39 is 0 Å². The van der Waals surface area contributed by atoms with Crippen LogP contribution in [0.5, 0.6) is 0 Å². The van der Waals surface area contributed by atoms with Gasteiger partial charge in [-0.2, -0.15) is 0 Å². The minimum atomic E-state index is 0.286. The van der Waals surface area contributed by atoms with E-state index in [1.807, 2.05) is 19.2 Å². The second-order valence-electron chi connectivity index (χ2n) is 5.26. The molecule has 1 atom stereocenters. The molecular weight excluding hydrogens is 300 g/mol. The Kier molecular flexibility index (Phi) is 5.68. The standard InChI is InChI=1S/C17H21ClN2S/c1-11-8-12(2)16(13(3)9-11)15(19-4)10-21-17-14(18)6-5-7-20-17/h5-9,15,19H,10H2,1-4H3. The van der Waals surface area contributed by atoms with Crippen molar-refractivity contribution in [3.05, 3.63) is 57.7 Å². The van der Waals surface area contributed by atoms with Crippen LogP contribution >= 0.6 is 23.4 Å². The minimum absolute atomic E-state index is 0.286. The molecule has 21 heavy (non-hydrogen) atoms. The van der Waals surface area contributed by atoms with Crippen LogP contribution in [0.25, 0.3) is 0 Å². The fourth-order valence-electron chi connectivity index (χ4n) is 2.69. The number of halogens is 1. The van der Waals surface area contributed by atoms with Crippen molar-refractivity contribution >= 4 is 23.4 Å². The number of thioether (sulfide) groups is 1. The fraction of sp³-hybridized carbons (Fsp3) is 0.353. The Balaban J connectivity index is 2.20. The molecule has 1 unspecified atom stereocenters. The summed E-state index contributed by atoms with van der Waals surface area (Å²) in [4.78, 5) is 4.34. The van der Waals surface area contributed by atoms with Crippen LogP contribution in [0.2, 0.25) is 5.02 Å². The molecule has 0 radical (unpaired) electrons. The average molecular weight is 321 g/mol. The zero-order valence-corrected chi connectivity index (χ0v) is 14.5. The van der Waals surface area contributed by atoms with E-state index in [1.54, 1.807) is 18.0 Å². The summed E-state index contributed by atoms with van der Waals surface area (Å²) in [5.74, 6) is 0.901. The number of rotatable bonds is 5. The molecule has 0 saturated carbocycles. The van der Waals surface area contributed by atoms with E-state index in [0.29, 0.717) is 0 Å². The first-order chi connectivity index (χ1) is 10.0. The van der Waals surface area contributed by atoms with Crippen LogP contribution in [0.1, 0.15) is 28.3 Å². The van der Waals surface area contributed by atoms with Gasteiger partial charge in [0, 0.05) is 18.0 Å². The predicted molar refractivity (Wildman–Crippen MR) is 92.4 cm³/mol. The van der Waals surface area contributed by atoms with E-state index in [4.69, 9.17) is 11.6 Å². The zero-order valence-electron chi connectivity index (χ0n) is 12.9. The van der Waals surface area contributed by atoms with Gasteiger partial charge in [0.2, 0.25) is 0 Å². The molecule has 0 amide bonds. The Morgan fingerprint density at radius 2 is 1.90 bits per heavy atom. The molecule has 1 N–H and O–H groups in total. The van der Waals surface area contributed by atoms with Crippen molar-refractivity contribution in [2.75, 3.05) is 12.8 Å². The van der Waals surface area contributed by atoms with Crippen molar-refractivity contribution in [3.63, 3.8) is 0 Å². The molecule has 2 aromatic rings. The van der Waals surface area contributed by atoms with Crippen LogP contribution in [0.4, 0.5) is 0 Å². The van der Waals surface area contributed by atoms with Crippen LogP contribution in [-0.4, -0.2) is 17.8 Å². The molecule has 2 nitrogen and oxygen atoms in total. The third-order valence-electron chi connectivity index (χ3n) is 3.55. The van der Waals surface area contributed by atoms with Crippen molar-refractivity contribution in [1.29, 1.82) is 0 Å². The molecule has 112 valence electrons. The molecule has 0 bridgehead atoms. The maximum Gasteiger partial charge on any atom is 0.115 e. The number of nitrogens with one attached hydrogen (secondary N) is 1. The summed E-state index contributed by atoms with van der Waals surface area (Å²) in [6.07, 6.45) is 1.78. The van der Waals surface area contributed by atoms with Gasteiger partial charge >= 0.3 is 0 Å². The molecule has 1 heterocycles. The van der Waals surface area contributed by atoms with Gasteiger partial charge in [0.1, 0.15) is 5.03 Å². The van der Waals surface area contributed by atoms with Crippen molar-refractivity contribution in [2.45, 2.75) is 31.8 Å². The Hall–Kier alpha value is -1.03. The van der Waals surface area contributed by atoms with E-state index in [0.717, 1.165) is 15.8 Å². The van der Waals surface area contributed by atoms with Gasteiger partial charge in [0.25, 0.3) is 0 Å². The van der Waals surface area contributed by atoms with E-state index in [2.05, 4.69) is 43.2 Å². The summed E-state index contributed by atoms with van der Waals surface area (Å²) >= 11 is 7.87. The maximum absolute atomic E-state index is 6.18. The minimum Gasteiger partial charge on any atom is -0.312 e. The molecule has 0 aliphatic heterocycles. The first kappa shape index (κ1) is 16.3. The number of nitrogens with zero attached hydrogens (tertiary/aromatic N) is 1. The Morgan fingerprint density at radius 3 is 2.48 bits per heavy atom. The van der Waals surface area contributed by atoms with Crippen LogP contribution in [-0.2, 0) is 0 Å². The van der Waals surface area contributed by atoms with Gasteiger partial charge in [-0.1, -0.05) is 29.3 Å². The SMILES string of the molecule is CNC(CSc1ncccc1Cl)c1c(C)cc(C)cc1C. The summed E-state index contributed by atoms with van der Waals surface area (Å²) < 4.78 is 0. The summed E-state index contributed by atoms with van der Waals surface area (Å²) in [6, 6.07) is 8.51. The van der Waals surface area contributed by atoms with Gasteiger partial charge in [-0.05, 0) is 56.6 Å². The summed E-state index contributed by atoms with van der Waals surface area (Å²) in [5, 5.41) is 5.03. The quantitative estimate of drug-likeness (QED) is 0.807. The summed E-state index contributed by atoms with van der Waals surface area (Å²) in [7, 11) is 2.00. The van der Waals surface area contributed by atoms with Crippen LogP contribution in [0.3, 0.4) is 0 Å².